The summed E-state index contributed by atoms with van der Waals surface area (Å²) in [7, 11) is 5.96. The molecule has 59 heavy (non-hydrogen) atoms. The van der Waals surface area contributed by atoms with Gasteiger partial charge in [0.25, 0.3) is 17.8 Å². The van der Waals surface area contributed by atoms with Gasteiger partial charge in [-0.1, -0.05) is 91.0 Å². The monoisotopic (exact) mass is 872 g/mol. The molecular formula is C43H47ClK2N6O7. The molecule has 0 bridgehead atoms. The summed E-state index contributed by atoms with van der Waals surface area (Å²) in [6, 6.07) is 51.3. The number of nitrogens with zero attached hydrogens (tertiary/aromatic N) is 4. The molecule has 0 saturated carbocycles. The molecule has 6 rings (SSSR count). The zero-order chi connectivity index (χ0) is 41.8. The molecule has 0 aromatic heterocycles. The van der Waals surface area contributed by atoms with E-state index in [0.717, 1.165) is 34.7 Å². The first-order chi connectivity index (χ1) is 27.5. The molecule has 0 atom stereocenters. The Bertz CT molecular complexity index is 2070. The van der Waals surface area contributed by atoms with Gasteiger partial charge < -0.3 is 32.4 Å². The number of benzene rings is 6. The summed E-state index contributed by atoms with van der Waals surface area (Å²) in [6.07, 6.45) is 0. The molecular weight excluding hydrogens is 826 g/mol. The van der Waals surface area contributed by atoms with E-state index < -0.39 is 4.92 Å². The Morgan fingerprint density at radius 3 is 1.37 bits per heavy atom. The van der Waals surface area contributed by atoms with Crippen LogP contribution in [0.5, 0.6) is 0 Å². The van der Waals surface area contributed by atoms with Crippen LogP contribution in [0.3, 0.4) is 0 Å². The van der Waals surface area contributed by atoms with E-state index in [1.165, 1.54) is 29.4 Å². The standard InChI is InChI=1S/C14H14N2O2.C14H16N2.C7H6ClNO2.C7H9N.CH2O3.2K.H/c1-15(13-7-3-2-4-8-13)11-12-6-5-9-14(10-12)16(17)18;1-16(14-8-3-2-4-9-14)11-12-6-5-7-13(15)10-12;8-5-6-2-1-3-7(4-6)9(10)11;1-8-7-5-3-2-4-6-7;2-1-4-3;;;/h2-10H,11H2,1H3;2-10H,11,15H2,1H3;1-4H,5H2;2-6,8H,1H3;1,3H;;;/q;;;;;2*+1;-1/p-1. The topological polar surface area (TPSA) is 180 Å². The summed E-state index contributed by atoms with van der Waals surface area (Å²) in [6.45, 7) is 1.33. The number of nitro groups is 2. The van der Waals surface area contributed by atoms with Crippen LogP contribution in [-0.4, -0.2) is 37.5 Å². The van der Waals surface area contributed by atoms with Gasteiger partial charge in [0, 0.05) is 87.1 Å². The number of alkyl halides is 1. The molecule has 16 heteroatoms. The number of nitro benzene ring substituents is 2. The van der Waals surface area contributed by atoms with Gasteiger partial charge in [0.15, 0.2) is 0 Å². The summed E-state index contributed by atoms with van der Waals surface area (Å²) in [4.78, 5) is 35.6. The van der Waals surface area contributed by atoms with E-state index in [0.29, 0.717) is 12.4 Å². The number of hydrogen-bond donors (Lipinski definition) is 2. The third-order valence-corrected chi connectivity index (χ3v) is 7.99. The summed E-state index contributed by atoms with van der Waals surface area (Å²) < 4.78 is 0. The number of nitrogen functional groups attached to an aromatic ring is 1. The molecule has 3 N–H and O–H groups in total. The maximum Gasteiger partial charge on any atom is 1.00 e. The van der Waals surface area contributed by atoms with Crippen molar-refractivity contribution in [2.75, 3.05) is 42.0 Å². The molecule has 0 fully saturated rings. The average Bonchev–Trinajstić information content (AvgIpc) is 3.25. The quantitative estimate of drug-likeness (QED) is 0.0372. The molecule has 0 radical (unpaired) electrons. The molecule has 0 heterocycles. The van der Waals surface area contributed by atoms with E-state index in [9.17, 15) is 20.2 Å². The largest absolute Gasteiger partial charge is 1.00 e. The Labute approximate surface area is 437 Å². The molecule has 0 spiro atoms. The van der Waals surface area contributed by atoms with Crippen molar-refractivity contribution in [3.05, 3.63) is 201 Å². The summed E-state index contributed by atoms with van der Waals surface area (Å²) in [5, 5.41) is 32.4. The maximum absolute atomic E-state index is 10.7. The molecule has 0 aliphatic carbocycles. The second-order valence-corrected chi connectivity index (χ2v) is 12.2. The third-order valence-electron chi connectivity index (χ3n) is 7.68. The number of carbonyl (C=O) groups excluding carboxylic acids is 1. The van der Waals surface area contributed by atoms with Crippen LogP contribution in [0.2, 0.25) is 0 Å². The van der Waals surface area contributed by atoms with Gasteiger partial charge in [0.2, 0.25) is 0 Å². The minimum absolute atomic E-state index is 0. The number of para-hydroxylation sites is 3. The van der Waals surface area contributed by atoms with Gasteiger partial charge in [-0.3, -0.25) is 25.0 Å². The van der Waals surface area contributed by atoms with Gasteiger partial charge in [-0.2, -0.15) is 0 Å². The third kappa shape index (κ3) is 23.6. The van der Waals surface area contributed by atoms with Gasteiger partial charge in [-0.05, 0) is 65.2 Å². The van der Waals surface area contributed by atoms with E-state index in [4.69, 9.17) is 27.4 Å². The second-order valence-electron chi connectivity index (χ2n) is 11.9. The fraction of sp³-hybridized carbons (Fsp3) is 0.140. The molecule has 6 aromatic carbocycles. The normalized spacial score (nSPS) is 9.10. The van der Waals surface area contributed by atoms with Crippen molar-refractivity contribution >= 4 is 52.2 Å². The van der Waals surface area contributed by atoms with Crippen LogP contribution in [0.1, 0.15) is 18.1 Å². The Balaban J connectivity index is 0. The SMILES string of the molecule is CN(Cc1cccc(N)c1)c1ccccc1.CN(Cc1cccc([N+](=O)[O-])c1)c1ccccc1.CNc1ccccc1.O=CO[O-].O=[N+]([O-])c1cccc(CCl)c1.[H-].[K+].[K+]. The molecule has 13 nitrogen and oxygen atoms in total. The van der Waals surface area contributed by atoms with E-state index in [-0.39, 0.29) is 127 Å². The molecule has 0 aliphatic heterocycles. The number of anilines is 4. The number of rotatable bonds is 11. The minimum atomic E-state index is -0.434. The first-order valence-electron chi connectivity index (χ1n) is 17.4. The number of nitrogens with one attached hydrogen (secondary N) is 1. The van der Waals surface area contributed by atoms with Crippen LogP contribution in [-0.2, 0) is 28.7 Å². The zero-order valence-corrected chi connectivity index (χ0v) is 40.9. The van der Waals surface area contributed by atoms with Crippen molar-refractivity contribution in [1.29, 1.82) is 0 Å². The number of hydrogen-bond acceptors (Lipinski definition) is 11. The van der Waals surface area contributed by atoms with Crippen LogP contribution < -0.4 is 129 Å². The fourth-order valence-electron chi connectivity index (χ4n) is 4.91. The van der Waals surface area contributed by atoms with Crippen molar-refractivity contribution in [2.45, 2.75) is 19.0 Å². The van der Waals surface area contributed by atoms with Gasteiger partial charge >= 0.3 is 103 Å². The van der Waals surface area contributed by atoms with Crippen LogP contribution >= 0.6 is 11.6 Å². The van der Waals surface area contributed by atoms with Gasteiger partial charge in [-0.25, -0.2) is 0 Å². The van der Waals surface area contributed by atoms with Crippen LogP contribution in [0.25, 0.3) is 0 Å². The first kappa shape index (κ1) is 55.3. The summed E-state index contributed by atoms with van der Waals surface area (Å²) in [5.41, 5.74) is 13.2. The van der Waals surface area contributed by atoms with Crippen molar-refractivity contribution in [1.82, 2.24) is 0 Å². The molecule has 0 unspecified atom stereocenters. The zero-order valence-electron chi connectivity index (χ0n) is 34.9. The van der Waals surface area contributed by atoms with Gasteiger partial charge in [-0.15, -0.1) is 11.6 Å². The van der Waals surface area contributed by atoms with Crippen molar-refractivity contribution in [3.8, 4) is 0 Å². The average molecular weight is 874 g/mol. The number of non-ortho nitro benzene ring substituents is 2. The van der Waals surface area contributed by atoms with Crippen molar-refractivity contribution < 1.29 is 129 Å². The van der Waals surface area contributed by atoms with E-state index in [1.54, 1.807) is 24.3 Å². The van der Waals surface area contributed by atoms with Gasteiger partial charge in [0.1, 0.15) is 0 Å². The Morgan fingerprint density at radius 2 is 1.02 bits per heavy atom. The molecule has 6 aromatic rings. The molecule has 300 valence electrons. The van der Waals surface area contributed by atoms with Gasteiger partial charge in [0.05, 0.1) is 9.85 Å². The number of nitrogens with two attached hydrogens (primary N) is 1. The summed E-state index contributed by atoms with van der Waals surface area (Å²) >= 11 is 5.48. The molecule has 0 aliphatic rings. The van der Waals surface area contributed by atoms with E-state index in [1.807, 2.05) is 117 Å². The van der Waals surface area contributed by atoms with Crippen molar-refractivity contribution in [3.63, 3.8) is 0 Å². The van der Waals surface area contributed by atoms with Crippen LogP contribution in [0, 0.1) is 20.2 Å². The van der Waals surface area contributed by atoms with Crippen LogP contribution in [0.4, 0.5) is 34.1 Å². The Morgan fingerprint density at radius 1 is 0.644 bits per heavy atom. The minimum Gasteiger partial charge on any atom is -1.00 e. The molecule has 0 amide bonds. The smallest absolute Gasteiger partial charge is 1.00 e. The van der Waals surface area contributed by atoms with E-state index in [2.05, 4.69) is 45.3 Å². The molecule has 0 saturated heterocycles. The first-order valence-corrected chi connectivity index (χ1v) is 17.9. The fourth-order valence-corrected chi connectivity index (χ4v) is 5.08. The summed E-state index contributed by atoms with van der Waals surface area (Å²) in [5.74, 6) is 0.307. The van der Waals surface area contributed by atoms with E-state index >= 15 is 0 Å². The Kier molecular flexibility index (Phi) is 31.0. The maximum atomic E-state index is 10.7. The number of carbonyl (C=O) groups is 1. The van der Waals surface area contributed by atoms with Crippen LogP contribution in [0.15, 0.2) is 164 Å². The predicted molar refractivity (Wildman–Crippen MR) is 228 cm³/mol. The predicted octanol–water partition coefficient (Wildman–Crippen LogP) is 2.75. The number of halogens is 1. The Hall–Kier alpha value is -3.69. The van der Waals surface area contributed by atoms with Crippen molar-refractivity contribution in [2.24, 2.45) is 0 Å². The second kappa shape index (κ2) is 33.1.